The molecule has 0 aliphatic rings. The number of carbonyl (C=O) groups excluding carboxylic acids is 1. The van der Waals surface area contributed by atoms with Gasteiger partial charge in [-0.05, 0) is 62.6 Å². The molecule has 0 aliphatic heterocycles. The second-order valence-electron chi connectivity index (χ2n) is 4.22. The first-order valence-electron chi connectivity index (χ1n) is 5.84. The first kappa shape index (κ1) is 15.8. The molecule has 7 heteroatoms. The van der Waals surface area contributed by atoms with Gasteiger partial charge < -0.3 is 14.4 Å². The summed E-state index contributed by atoms with van der Waals surface area (Å²) in [5.74, 6) is -0.131. The van der Waals surface area contributed by atoms with Gasteiger partial charge in [0.1, 0.15) is 11.3 Å². The maximum absolute atomic E-state index is 11.9. The summed E-state index contributed by atoms with van der Waals surface area (Å²) in [5, 5.41) is 13.5. The van der Waals surface area contributed by atoms with E-state index in [0.29, 0.717) is 26.0 Å². The molecule has 2 rings (SSSR count). The highest BCUT2D eigenvalue weighted by molar-refractivity contribution is 9.11. The van der Waals surface area contributed by atoms with Crippen LogP contribution in [0, 0.1) is 6.92 Å². The van der Waals surface area contributed by atoms with Crippen LogP contribution in [0.25, 0.3) is 11.6 Å². The lowest BCUT2D eigenvalue weighted by molar-refractivity contribution is -0.133. The van der Waals surface area contributed by atoms with Gasteiger partial charge in [0.05, 0.1) is 21.7 Å². The Bertz CT molecular complexity index is 699. The average molecular weight is 417 g/mol. The molecule has 5 nitrogen and oxygen atoms in total. The molecule has 0 spiro atoms. The monoisotopic (exact) mass is 415 g/mol. The molecule has 21 heavy (non-hydrogen) atoms. The summed E-state index contributed by atoms with van der Waals surface area (Å²) in [6, 6.07) is 4.99. The summed E-state index contributed by atoms with van der Waals surface area (Å²) < 4.78 is 10.9. The van der Waals surface area contributed by atoms with Crippen molar-refractivity contribution in [2.75, 3.05) is 7.11 Å². The molecule has 1 aromatic carbocycles. The molecule has 0 amide bonds. The van der Waals surface area contributed by atoms with Crippen molar-refractivity contribution in [1.29, 1.82) is 0 Å². The van der Waals surface area contributed by atoms with Gasteiger partial charge in [0.2, 0.25) is 0 Å². The third-order valence-electron chi connectivity index (χ3n) is 2.65. The van der Waals surface area contributed by atoms with Crippen LogP contribution < -0.4 is 0 Å². The Balaban J connectivity index is 2.53. The smallest absolute Gasteiger partial charge is 0.341 e. The van der Waals surface area contributed by atoms with Crippen molar-refractivity contribution in [2.45, 2.75) is 6.92 Å². The number of phenols is 1. The number of nitrogens with zero attached hydrogens (tertiary/aromatic N) is 1. The molecule has 1 aromatic heterocycles. The molecule has 0 bridgehead atoms. The van der Waals surface area contributed by atoms with Crippen molar-refractivity contribution < 1.29 is 19.2 Å². The van der Waals surface area contributed by atoms with E-state index in [1.165, 1.54) is 7.11 Å². The van der Waals surface area contributed by atoms with E-state index in [0.717, 1.165) is 0 Å². The zero-order chi connectivity index (χ0) is 15.6. The number of aromatic hydroxyl groups is 1. The lowest BCUT2D eigenvalue weighted by Crippen LogP contribution is -2.03. The zero-order valence-corrected chi connectivity index (χ0v) is 14.4. The topological polar surface area (TPSA) is 72.6 Å². The predicted octanol–water partition coefficient (Wildman–Crippen LogP) is 3.93. The van der Waals surface area contributed by atoms with E-state index in [1.54, 1.807) is 31.2 Å². The molecule has 110 valence electrons. The van der Waals surface area contributed by atoms with Crippen molar-refractivity contribution in [1.82, 2.24) is 5.16 Å². The van der Waals surface area contributed by atoms with Crippen LogP contribution in [0.2, 0.25) is 0 Å². The molecular weight excluding hydrogens is 406 g/mol. The number of aryl methyl sites for hydroxylation is 1. The second kappa shape index (κ2) is 6.44. The second-order valence-corrected chi connectivity index (χ2v) is 5.92. The molecule has 0 fully saturated rings. The SMILES string of the molecule is COC(=O)C(=Cc1cc(Br)c(O)c(Br)c1)c1cc(C)no1. The van der Waals surface area contributed by atoms with Gasteiger partial charge in [-0.1, -0.05) is 5.16 Å². The summed E-state index contributed by atoms with van der Waals surface area (Å²) in [5.41, 5.74) is 1.58. The largest absolute Gasteiger partial charge is 0.506 e. The van der Waals surface area contributed by atoms with E-state index in [1.807, 2.05) is 0 Å². The van der Waals surface area contributed by atoms with Crippen molar-refractivity contribution in [2.24, 2.45) is 0 Å². The van der Waals surface area contributed by atoms with Gasteiger partial charge >= 0.3 is 5.97 Å². The molecule has 0 radical (unpaired) electrons. The van der Waals surface area contributed by atoms with Gasteiger partial charge in [-0.25, -0.2) is 4.79 Å². The van der Waals surface area contributed by atoms with E-state index in [4.69, 9.17) is 9.26 Å². The summed E-state index contributed by atoms with van der Waals surface area (Å²) in [4.78, 5) is 11.9. The number of halogens is 2. The molecule has 0 saturated carbocycles. The number of phenolic OH excluding ortho intramolecular Hbond substituents is 1. The van der Waals surface area contributed by atoms with Crippen LogP contribution in [0.4, 0.5) is 0 Å². The summed E-state index contributed by atoms with van der Waals surface area (Å²) in [7, 11) is 1.29. The third kappa shape index (κ3) is 3.54. The Morgan fingerprint density at radius 3 is 2.43 bits per heavy atom. The number of benzene rings is 1. The Morgan fingerprint density at radius 2 is 1.95 bits per heavy atom. The fourth-order valence-corrected chi connectivity index (χ4v) is 2.89. The van der Waals surface area contributed by atoms with Crippen molar-refractivity contribution in [3.8, 4) is 5.75 Å². The summed E-state index contributed by atoms with van der Waals surface area (Å²) in [6.07, 6.45) is 1.60. The lowest BCUT2D eigenvalue weighted by atomic mass is 10.1. The predicted molar refractivity (Wildman–Crippen MR) is 84.6 cm³/mol. The number of esters is 1. The number of ether oxygens (including phenoxy) is 1. The number of hydrogen-bond acceptors (Lipinski definition) is 5. The quantitative estimate of drug-likeness (QED) is 0.606. The van der Waals surface area contributed by atoms with E-state index >= 15 is 0 Å². The summed E-state index contributed by atoms with van der Waals surface area (Å²) in [6.45, 7) is 1.76. The average Bonchev–Trinajstić information content (AvgIpc) is 2.87. The fourth-order valence-electron chi connectivity index (χ4n) is 1.67. The van der Waals surface area contributed by atoms with Crippen molar-refractivity contribution in [3.05, 3.63) is 44.2 Å². The van der Waals surface area contributed by atoms with Crippen molar-refractivity contribution in [3.63, 3.8) is 0 Å². The van der Waals surface area contributed by atoms with E-state index in [2.05, 4.69) is 37.0 Å². The standard InChI is InChI=1S/C14H11Br2NO4/c1-7-3-12(21-17-7)9(14(19)20-2)4-8-5-10(15)13(18)11(16)6-8/h3-6,18H,1-2H3. The first-order chi connectivity index (χ1) is 9.92. The number of rotatable bonds is 3. The van der Waals surface area contributed by atoms with Gasteiger partial charge in [0, 0.05) is 6.07 Å². The van der Waals surface area contributed by atoms with Gasteiger partial charge in [-0.15, -0.1) is 0 Å². The third-order valence-corrected chi connectivity index (χ3v) is 3.86. The maximum atomic E-state index is 11.9. The first-order valence-corrected chi connectivity index (χ1v) is 7.42. The summed E-state index contributed by atoms with van der Waals surface area (Å²) >= 11 is 6.48. The Hall–Kier alpha value is -1.60. The molecule has 1 N–H and O–H groups in total. The van der Waals surface area contributed by atoms with Crippen LogP contribution in [0.5, 0.6) is 5.75 Å². The van der Waals surface area contributed by atoms with E-state index in [9.17, 15) is 9.90 Å². The number of methoxy groups -OCH3 is 1. The van der Waals surface area contributed by atoms with Gasteiger partial charge in [-0.2, -0.15) is 0 Å². The Kier molecular flexibility index (Phi) is 4.84. The van der Waals surface area contributed by atoms with Gasteiger partial charge in [-0.3, -0.25) is 0 Å². The zero-order valence-electron chi connectivity index (χ0n) is 11.2. The van der Waals surface area contributed by atoms with E-state index in [-0.39, 0.29) is 11.3 Å². The van der Waals surface area contributed by atoms with E-state index < -0.39 is 5.97 Å². The van der Waals surface area contributed by atoms with Gasteiger partial charge in [0.15, 0.2) is 5.76 Å². The lowest BCUT2D eigenvalue weighted by Gasteiger charge is -2.05. The number of aromatic nitrogens is 1. The molecule has 1 heterocycles. The van der Waals surface area contributed by atoms with Gasteiger partial charge in [0.25, 0.3) is 0 Å². The van der Waals surface area contributed by atoms with Crippen LogP contribution in [-0.2, 0) is 9.53 Å². The maximum Gasteiger partial charge on any atom is 0.341 e. The Morgan fingerprint density at radius 1 is 1.33 bits per heavy atom. The van der Waals surface area contributed by atoms with Crippen LogP contribution in [0.15, 0.2) is 31.7 Å². The molecular formula is C14H11Br2NO4. The highest BCUT2D eigenvalue weighted by atomic mass is 79.9. The van der Waals surface area contributed by atoms with Crippen LogP contribution in [0.3, 0.4) is 0 Å². The van der Waals surface area contributed by atoms with Crippen LogP contribution >= 0.6 is 31.9 Å². The van der Waals surface area contributed by atoms with Crippen molar-refractivity contribution >= 4 is 49.5 Å². The minimum absolute atomic E-state index is 0.0854. The Labute approximate surface area is 137 Å². The molecule has 0 unspecified atom stereocenters. The molecule has 0 aliphatic carbocycles. The normalized spacial score (nSPS) is 11.5. The minimum atomic E-state index is -0.536. The number of carbonyl (C=O) groups is 1. The minimum Gasteiger partial charge on any atom is -0.506 e. The highest BCUT2D eigenvalue weighted by Crippen LogP contribution is 2.34. The highest BCUT2D eigenvalue weighted by Gasteiger charge is 2.18. The molecule has 2 aromatic rings. The number of hydrogen-bond donors (Lipinski definition) is 1. The van der Waals surface area contributed by atoms with Crippen LogP contribution in [0.1, 0.15) is 17.0 Å². The van der Waals surface area contributed by atoms with Crippen LogP contribution in [-0.4, -0.2) is 23.3 Å². The fraction of sp³-hybridized carbons (Fsp3) is 0.143. The molecule has 0 atom stereocenters. The molecule has 0 saturated heterocycles.